The molecule has 112 valence electrons. The molecule has 0 amide bonds. The molecule has 0 rings (SSSR count). The number of nitriles is 1. The van der Waals surface area contributed by atoms with Crippen LogP contribution in [0.15, 0.2) is 0 Å². The summed E-state index contributed by atoms with van der Waals surface area (Å²) in [6.07, 6.45) is 0.829. The van der Waals surface area contributed by atoms with Gasteiger partial charge in [0.25, 0.3) is 6.64 Å². The van der Waals surface area contributed by atoms with Crippen LogP contribution in [0.4, 0.5) is 0 Å². The van der Waals surface area contributed by atoms with Gasteiger partial charge in [0.15, 0.2) is 0 Å². The molecule has 0 aliphatic heterocycles. The van der Waals surface area contributed by atoms with E-state index in [1.54, 1.807) is 0 Å². The molecule has 1 atom stereocenters. The molecule has 0 spiro atoms. The SMILES string of the molecule is CC(C)N(C(C)C)P(=S)(OCCC#N)OCCCO. The fourth-order valence-electron chi connectivity index (χ4n) is 1.78. The quantitative estimate of drug-likeness (QED) is 0.494. The maximum absolute atomic E-state index is 8.84. The molecule has 7 heteroatoms. The predicted molar refractivity (Wildman–Crippen MR) is 80.2 cm³/mol. The van der Waals surface area contributed by atoms with E-state index in [0.717, 1.165) is 0 Å². The second-order valence-corrected chi connectivity index (χ2v) is 7.99. The van der Waals surface area contributed by atoms with Gasteiger partial charge in [-0.2, -0.15) is 5.26 Å². The first-order valence-electron chi connectivity index (χ1n) is 6.54. The highest BCUT2D eigenvalue weighted by Gasteiger charge is 2.32. The van der Waals surface area contributed by atoms with Crippen LogP contribution in [0.25, 0.3) is 0 Å². The number of rotatable bonds is 10. The minimum Gasteiger partial charge on any atom is -0.396 e. The lowest BCUT2D eigenvalue weighted by atomic mass is 10.3. The fraction of sp³-hybridized carbons (Fsp3) is 0.917. The average Bonchev–Trinajstić information content (AvgIpc) is 2.28. The summed E-state index contributed by atoms with van der Waals surface area (Å²) in [7, 11) is 0. The van der Waals surface area contributed by atoms with Gasteiger partial charge in [-0.25, -0.2) is 4.67 Å². The third-order valence-corrected chi connectivity index (χ3v) is 6.07. The number of aliphatic hydroxyl groups excluding tert-OH is 1. The van der Waals surface area contributed by atoms with Gasteiger partial charge in [-0.1, -0.05) is 0 Å². The highest BCUT2D eigenvalue weighted by Crippen LogP contribution is 2.54. The zero-order chi connectivity index (χ0) is 14.9. The van der Waals surface area contributed by atoms with Crippen LogP contribution in [0.1, 0.15) is 40.5 Å². The summed E-state index contributed by atoms with van der Waals surface area (Å²) in [6, 6.07) is 2.43. The van der Waals surface area contributed by atoms with Gasteiger partial charge in [0, 0.05) is 18.7 Å². The molecule has 0 aromatic heterocycles. The number of aliphatic hydroxyl groups is 1. The highest BCUT2D eigenvalue weighted by molar-refractivity contribution is 8.08. The zero-order valence-electron chi connectivity index (χ0n) is 12.2. The smallest absolute Gasteiger partial charge is 0.264 e. The summed E-state index contributed by atoms with van der Waals surface area (Å²) in [5, 5.41) is 17.4. The minimum atomic E-state index is -2.60. The molecule has 0 heterocycles. The Bertz CT molecular complexity index is 323. The van der Waals surface area contributed by atoms with Gasteiger partial charge in [0.2, 0.25) is 0 Å². The molecular weight excluding hydrogens is 283 g/mol. The Balaban J connectivity index is 4.89. The van der Waals surface area contributed by atoms with Crippen molar-refractivity contribution in [3.05, 3.63) is 0 Å². The molecule has 0 aliphatic rings. The van der Waals surface area contributed by atoms with E-state index < -0.39 is 6.64 Å². The van der Waals surface area contributed by atoms with Crippen LogP contribution in [0.5, 0.6) is 0 Å². The van der Waals surface area contributed by atoms with Gasteiger partial charge in [-0.05, 0) is 45.9 Å². The van der Waals surface area contributed by atoms with Gasteiger partial charge in [-0.3, -0.25) is 0 Å². The monoisotopic (exact) mass is 308 g/mol. The molecule has 0 aromatic carbocycles. The minimum absolute atomic E-state index is 0.0664. The number of nitrogens with zero attached hydrogens (tertiary/aromatic N) is 2. The fourth-order valence-corrected chi connectivity index (χ4v) is 5.52. The van der Waals surface area contributed by atoms with Crippen molar-refractivity contribution in [3.8, 4) is 6.07 Å². The van der Waals surface area contributed by atoms with Crippen LogP contribution in [0, 0.1) is 11.3 Å². The Labute approximate surface area is 121 Å². The van der Waals surface area contributed by atoms with E-state index >= 15 is 0 Å². The third kappa shape index (κ3) is 6.80. The molecular formula is C12H25N2O3PS. The summed E-state index contributed by atoms with van der Waals surface area (Å²) in [5.41, 5.74) is 0. The highest BCUT2D eigenvalue weighted by atomic mass is 32.5. The van der Waals surface area contributed by atoms with Crippen molar-refractivity contribution in [2.75, 3.05) is 19.8 Å². The molecule has 19 heavy (non-hydrogen) atoms. The van der Waals surface area contributed by atoms with E-state index in [0.29, 0.717) is 19.4 Å². The van der Waals surface area contributed by atoms with E-state index in [1.807, 2.05) is 33.8 Å². The van der Waals surface area contributed by atoms with Gasteiger partial charge >= 0.3 is 0 Å². The molecule has 0 fully saturated rings. The van der Waals surface area contributed by atoms with Crippen LogP contribution < -0.4 is 0 Å². The predicted octanol–water partition coefficient (Wildman–Crippen LogP) is 2.66. The second-order valence-electron chi connectivity index (χ2n) is 4.69. The van der Waals surface area contributed by atoms with Crippen LogP contribution in [-0.4, -0.2) is 41.7 Å². The Kier molecular flexibility index (Phi) is 9.81. The van der Waals surface area contributed by atoms with Crippen LogP contribution in [-0.2, 0) is 20.9 Å². The Morgan fingerprint density at radius 3 is 2.16 bits per heavy atom. The molecule has 1 unspecified atom stereocenters. The normalized spacial score (nSPS) is 14.9. The molecule has 0 radical (unpaired) electrons. The summed E-state index contributed by atoms with van der Waals surface area (Å²) in [6.45, 7) is 6.30. The van der Waals surface area contributed by atoms with E-state index in [9.17, 15) is 0 Å². The Morgan fingerprint density at radius 1 is 1.21 bits per heavy atom. The largest absolute Gasteiger partial charge is 0.396 e. The molecule has 5 nitrogen and oxygen atoms in total. The Morgan fingerprint density at radius 2 is 1.74 bits per heavy atom. The topological polar surface area (TPSA) is 65.7 Å². The van der Waals surface area contributed by atoms with E-state index in [2.05, 4.69) is 4.67 Å². The molecule has 0 saturated carbocycles. The molecule has 0 bridgehead atoms. The number of hydrogen-bond acceptors (Lipinski definition) is 5. The van der Waals surface area contributed by atoms with Crippen LogP contribution >= 0.6 is 6.64 Å². The maximum atomic E-state index is 8.84. The lowest BCUT2D eigenvalue weighted by Gasteiger charge is -2.39. The van der Waals surface area contributed by atoms with Crippen molar-refractivity contribution in [3.63, 3.8) is 0 Å². The number of hydrogen-bond donors (Lipinski definition) is 1. The molecule has 0 aromatic rings. The van der Waals surface area contributed by atoms with Gasteiger partial charge in [0.1, 0.15) is 0 Å². The van der Waals surface area contributed by atoms with Crippen molar-refractivity contribution in [1.82, 2.24) is 4.67 Å². The standard InChI is InChI=1S/C12H25N2O3PS/c1-11(2)14(12(3)4)18(19,16-9-5-7-13)17-10-6-8-15/h11-12,15H,5-6,8-10H2,1-4H3. The van der Waals surface area contributed by atoms with Crippen molar-refractivity contribution in [2.24, 2.45) is 0 Å². The first-order valence-corrected chi connectivity index (χ1v) is 9.14. The average molecular weight is 308 g/mol. The lowest BCUT2D eigenvalue weighted by Crippen LogP contribution is -2.35. The van der Waals surface area contributed by atoms with Gasteiger partial charge in [-0.15, -0.1) is 0 Å². The maximum Gasteiger partial charge on any atom is 0.264 e. The first-order chi connectivity index (χ1) is 8.89. The first kappa shape index (κ1) is 19.0. The summed E-state index contributed by atoms with van der Waals surface area (Å²) >= 11 is 5.60. The van der Waals surface area contributed by atoms with Crippen molar-refractivity contribution >= 4 is 18.4 Å². The summed E-state index contributed by atoms with van der Waals surface area (Å²) in [4.78, 5) is 0. The van der Waals surface area contributed by atoms with Crippen molar-refractivity contribution < 1.29 is 14.2 Å². The van der Waals surface area contributed by atoms with Crippen molar-refractivity contribution in [1.29, 1.82) is 5.26 Å². The van der Waals surface area contributed by atoms with Gasteiger partial charge < -0.3 is 14.2 Å². The molecule has 0 saturated heterocycles. The van der Waals surface area contributed by atoms with E-state index in [4.69, 9.17) is 31.2 Å². The zero-order valence-corrected chi connectivity index (χ0v) is 13.9. The summed E-state index contributed by atoms with van der Waals surface area (Å²) in [5.74, 6) is 0. The summed E-state index contributed by atoms with van der Waals surface area (Å²) < 4.78 is 13.5. The second kappa shape index (κ2) is 9.82. The lowest BCUT2D eigenvalue weighted by molar-refractivity contribution is 0.162. The van der Waals surface area contributed by atoms with Crippen LogP contribution in [0.2, 0.25) is 0 Å². The van der Waals surface area contributed by atoms with Gasteiger partial charge in [0.05, 0.1) is 25.7 Å². The van der Waals surface area contributed by atoms with E-state index in [-0.39, 0.29) is 25.3 Å². The van der Waals surface area contributed by atoms with Crippen LogP contribution in [0.3, 0.4) is 0 Å². The van der Waals surface area contributed by atoms with Crippen molar-refractivity contribution in [2.45, 2.75) is 52.6 Å². The molecule has 1 N–H and O–H groups in total. The molecule has 0 aliphatic carbocycles. The van der Waals surface area contributed by atoms with E-state index in [1.165, 1.54) is 0 Å². The Hall–Kier alpha value is -0.0200. The third-order valence-electron chi connectivity index (χ3n) is 2.37.